The first-order chi connectivity index (χ1) is 14.0. The first kappa shape index (κ1) is 22.3. The molecule has 1 aliphatic rings. The average Bonchev–Trinajstić information content (AvgIpc) is 3.14. The number of phenolic OH excluding ortho intramolecular Hbond substituents is 1. The van der Waals surface area contributed by atoms with Crippen molar-refractivity contribution in [2.75, 3.05) is 24.7 Å². The lowest BCUT2D eigenvalue weighted by atomic mass is 9.92. The molecule has 0 unspecified atom stereocenters. The van der Waals surface area contributed by atoms with Crippen LogP contribution in [0.5, 0.6) is 5.75 Å². The molecule has 10 heteroatoms. The molecule has 30 heavy (non-hydrogen) atoms. The van der Waals surface area contributed by atoms with Crippen LogP contribution in [0.2, 0.25) is 5.02 Å². The van der Waals surface area contributed by atoms with Crippen molar-refractivity contribution in [1.82, 2.24) is 4.31 Å². The van der Waals surface area contributed by atoms with Gasteiger partial charge >= 0.3 is 0 Å². The Labute approximate surface area is 179 Å². The van der Waals surface area contributed by atoms with E-state index in [9.17, 15) is 23.1 Å². The lowest BCUT2D eigenvalue weighted by molar-refractivity contribution is 0.455. The summed E-state index contributed by atoms with van der Waals surface area (Å²) in [6, 6.07) is 2.65. The average molecular weight is 454 g/mol. The van der Waals surface area contributed by atoms with Gasteiger partial charge in [-0.3, -0.25) is 9.59 Å². The third kappa shape index (κ3) is 3.73. The molecule has 0 radical (unpaired) electrons. The molecule has 162 valence electrons. The van der Waals surface area contributed by atoms with E-state index in [2.05, 4.69) is 17.2 Å². The summed E-state index contributed by atoms with van der Waals surface area (Å²) in [7, 11) is -1.42. The van der Waals surface area contributed by atoms with E-state index >= 15 is 0 Å². The van der Waals surface area contributed by atoms with Crippen molar-refractivity contribution in [3.8, 4) is 5.75 Å². The van der Waals surface area contributed by atoms with E-state index in [4.69, 9.17) is 11.6 Å². The number of nitrogens with zero attached hydrogens (tertiary/aromatic N) is 1. The molecule has 3 rings (SSSR count). The number of benzene rings is 1. The van der Waals surface area contributed by atoms with E-state index in [0.717, 1.165) is 30.0 Å². The number of anilines is 3. The molecular weight excluding hydrogens is 430 g/mol. The fraction of sp³-hybridized carbons (Fsp3) is 0.400. The molecule has 2 aromatic rings. The van der Waals surface area contributed by atoms with Gasteiger partial charge in [0.25, 0.3) is 10.9 Å². The highest BCUT2D eigenvalue weighted by molar-refractivity contribution is 7.89. The maximum absolute atomic E-state index is 12.5. The van der Waals surface area contributed by atoms with Crippen LogP contribution in [0.1, 0.15) is 32.1 Å². The largest absolute Gasteiger partial charge is 0.504 e. The Bertz CT molecular complexity index is 1160. The van der Waals surface area contributed by atoms with E-state index in [-0.39, 0.29) is 27.6 Å². The highest BCUT2D eigenvalue weighted by atomic mass is 35.5. The lowest BCUT2D eigenvalue weighted by Gasteiger charge is -2.32. The molecule has 0 atom stereocenters. The van der Waals surface area contributed by atoms with Gasteiger partial charge in [0.05, 0.1) is 10.7 Å². The normalized spacial score (nSPS) is 16.1. The predicted octanol–water partition coefficient (Wildman–Crippen LogP) is 2.94. The van der Waals surface area contributed by atoms with Crippen LogP contribution in [0, 0.1) is 0 Å². The van der Waals surface area contributed by atoms with Crippen molar-refractivity contribution >= 4 is 38.7 Å². The SMILES string of the molecule is C=CCC1(Nc2c(Nc3ccc(Cl)c(S(=O)(=O)N(C)C)c3O)c(=O)c2=O)CCCC1. The summed E-state index contributed by atoms with van der Waals surface area (Å²) >= 11 is 6.01. The van der Waals surface area contributed by atoms with Crippen LogP contribution >= 0.6 is 11.6 Å². The van der Waals surface area contributed by atoms with Gasteiger partial charge in [0.1, 0.15) is 16.3 Å². The quantitative estimate of drug-likeness (QED) is 0.319. The Morgan fingerprint density at radius 1 is 1.20 bits per heavy atom. The number of halogens is 1. The number of sulfonamides is 1. The molecule has 0 bridgehead atoms. The third-order valence-corrected chi connectivity index (χ3v) is 7.80. The number of nitrogens with one attached hydrogen (secondary N) is 2. The zero-order valence-corrected chi connectivity index (χ0v) is 18.4. The lowest BCUT2D eigenvalue weighted by Crippen LogP contribution is -2.44. The Kier molecular flexibility index (Phi) is 5.99. The number of hydrogen-bond acceptors (Lipinski definition) is 7. The van der Waals surface area contributed by atoms with Gasteiger partial charge in [0.2, 0.25) is 10.0 Å². The summed E-state index contributed by atoms with van der Waals surface area (Å²) < 4.78 is 26.0. The molecule has 0 heterocycles. The monoisotopic (exact) mass is 453 g/mol. The second-order valence-corrected chi connectivity index (χ2v) is 10.2. The van der Waals surface area contributed by atoms with E-state index in [1.54, 1.807) is 6.08 Å². The van der Waals surface area contributed by atoms with Gasteiger partial charge < -0.3 is 15.7 Å². The highest BCUT2D eigenvalue weighted by Crippen LogP contribution is 2.41. The summed E-state index contributed by atoms with van der Waals surface area (Å²) in [6.45, 7) is 3.78. The minimum absolute atomic E-state index is 0.0128. The van der Waals surface area contributed by atoms with Crippen LogP contribution in [-0.4, -0.2) is 37.5 Å². The first-order valence-electron chi connectivity index (χ1n) is 9.47. The van der Waals surface area contributed by atoms with Gasteiger partial charge in [-0.1, -0.05) is 30.5 Å². The zero-order valence-electron chi connectivity index (χ0n) is 16.8. The molecule has 0 amide bonds. The molecule has 0 aliphatic heterocycles. The first-order valence-corrected chi connectivity index (χ1v) is 11.3. The smallest absolute Gasteiger partial charge is 0.253 e. The summed E-state index contributed by atoms with van der Waals surface area (Å²) in [4.78, 5) is 24.0. The molecule has 1 aliphatic carbocycles. The van der Waals surface area contributed by atoms with Crippen LogP contribution in [0.4, 0.5) is 17.1 Å². The molecule has 0 spiro atoms. The summed E-state index contributed by atoms with van der Waals surface area (Å²) in [5, 5.41) is 16.3. The standard InChI is InChI=1S/C20H24ClN3O5S/c1-4-9-20(10-5-6-11-20)23-15-14(17(26)18(15)27)22-13-8-7-12(21)19(16(13)25)30(28,29)24(2)3/h4,7-8,22-23,25H,1,5-6,9-11H2,2-3H3. The van der Waals surface area contributed by atoms with Gasteiger partial charge in [0.15, 0.2) is 5.75 Å². The van der Waals surface area contributed by atoms with Gasteiger partial charge in [-0.25, -0.2) is 12.7 Å². The maximum Gasteiger partial charge on any atom is 0.253 e. The minimum Gasteiger partial charge on any atom is -0.504 e. The molecule has 8 nitrogen and oxygen atoms in total. The van der Waals surface area contributed by atoms with Crippen LogP contribution in [0.25, 0.3) is 0 Å². The minimum atomic E-state index is -4.04. The predicted molar refractivity (Wildman–Crippen MR) is 118 cm³/mol. The molecule has 1 saturated carbocycles. The Balaban J connectivity index is 2.00. The summed E-state index contributed by atoms with van der Waals surface area (Å²) in [5.41, 5.74) is -1.66. The number of rotatable bonds is 8. The van der Waals surface area contributed by atoms with Gasteiger partial charge in [-0.05, 0) is 31.4 Å². The third-order valence-electron chi connectivity index (χ3n) is 5.48. The molecule has 2 aromatic carbocycles. The molecular formula is C20H24ClN3O5S. The van der Waals surface area contributed by atoms with Crippen molar-refractivity contribution in [2.24, 2.45) is 0 Å². The van der Waals surface area contributed by atoms with Gasteiger partial charge in [0, 0.05) is 19.6 Å². The summed E-state index contributed by atoms with van der Waals surface area (Å²) in [5.74, 6) is -0.628. The number of hydrogen-bond donors (Lipinski definition) is 3. The molecule has 1 fully saturated rings. The van der Waals surface area contributed by atoms with Crippen LogP contribution in [0.3, 0.4) is 0 Å². The van der Waals surface area contributed by atoms with Crippen LogP contribution in [0.15, 0.2) is 39.3 Å². The summed E-state index contributed by atoms with van der Waals surface area (Å²) in [6.07, 6.45) is 6.11. The Morgan fingerprint density at radius 3 is 2.37 bits per heavy atom. The number of phenols is 1. The molecule has 0 saturated heterocycles. The van der Waals surface area contributed by atoms with Gasteiger partial charge in [-0.2, -0.15) is 0 Å². The maximum atomic E-state index is 12.5. The van der Waals surface area contributed by atoms with Crippen molar-refractivity contribution in [1.29, 1.82) is 0 Å². The Hall–Kier alpha value is -2.36. The second kappa shape index (κ2) is 8.05. The van der Waals surface area contributed by atoms with Gasteiger partial charge in [-0.15, -0.1) is 6.58 Å². The Morgan fingerprint density at radius 2 is 1.80 bits per heavy atom. The zero-order chi connectivity index (χ0) is 22.3. The van der Waals surface area contributed by atoms with E-state index in [0.29, 0.717) is 6.42 Å². The van der Waals surface area contributed by atoms with Crippen LogP contribution in [-0.2, 0) is 10.0 Å². The molecule has 3 N–H and O–H groups in total. The highest BCUT2D eigenvalue weighted by Gasteiger charge is 2.36. The van der Waals surface area contributed by atoms with Crippen molar-refractivity contribution in [3.63, 3.8) is 0 Å². The van der Waals surface area contributed by atoms with Crippen molar-refractivity contribution in [2.45, 2.75) is 42.5 Å². The topological polar surface area (TPSA) is 116 Å². The van der Waals surface area contributed by atoms with Crippen molar-refractivity contribution < 1.29 is 13.5 Å². The second-order valence-electron chi connectivity index (χ2n) is 7.70. The van der Waals surface area contributed by atoms with E-state index in [1.165, 1.54) is 26.2 Å². The fourth-order valence-electron chi connectivity index (χ4n) is 3.81. The fourth-order valence-corrected chi connectivity index (χ4v) is 5.29. The number of aromatic hydroxyl groups is 1. The van der Waals surface area contributed by atoms with Crippen LogP contribution < -0.4 is 21.5 Å². The van der Waals surface area contributed by atoms with E-state index < -0.39 is 31.5 Å². The van der Waals surface area contributed by atoms with Crippen molar-refractivity contribution in [3.05, 3.63) is 50.3 Å². The van der Waals surface area contributed by atoms with E-state index in [1.807, 2.05) is 0 Å². The molecule has 0 aromatic heterocycles.